The Labute approximate surface area is 144 Å². The fourth-order valence-corrected chi connectivity index (χ4v) is 3.53. The summed E-state index contributed by atoms with van der Waals surface area (Å²) < 4.78 is 24.8. The second-order valence-corrected chi connectivity index (χ2v) is 8.10. The summed E-state index contributed by atoms with van der Waals surface area (Å²) in [7, 11) is -3.18. The van der Waals surface area contributed by atoms with E-state index in [0.717, 1.165) is 38.5 Å². The molecule has 0 radical (unpaired) electrons. The molecule has 6 nitrogen and oxygen atoms in total. The first kappa shape index (κ1) is 18.7. The number of hydrogen-bond donors (Lipinski definition) is 2. The highest BCUT2D eigenvalue weighted by atomic mass is 32.2. The highest BCUT2D eigenvalue weighted by Gasteiger charge is 2.26. The summed E-state index contributed by atoms with van der Waals surface area (Å²) in [6, 6.07) is 10.1. The van der Waals surface area contributed by atoms with Gasteiger partial charge in [-0.15, -0.1) is 0 Å². The van der Waals surface area contributed by atoms with Crippen molar-refractivity contribution in [1.29, 1.82) is 0 Å². The van der Waals surface area contributed by atoms with Crippen LogP contribution in [0.1, 0.15) is 31.2 Å². The normalized spacial score (nSPS) is 18.4. The molecule has 0 bridgehead atoms. The van der Waals surface area contributed by atoms with Gasteiger partial charge in [-0.05, 0) is 37.7 Å². The van der Waals surface area contributed by atoms with Gasteiger partial charge in [-0.25, -0.2) is 17.9 Å². The fraction of sp³-hybridized carbons (Fsp3) is 0.588. The van der Waals surface area contributed by atoms with Crippen LogP contribution in [0.3, 0.4) is 0 Å². The number of carbonyl (C=O) groups is 1. The molecule has 1 heterocycles. The van der Waals surface area contributed by atoms with Gasteiger partial charge in [0.05, 0.1) is 6.26 Å². The van der Waals surface area contributed by atoms with Gasteiger partial charge in [0.1, 0.15) is 0 Å². The lowest BCUT2D eigenvalue weighted by molar-refractivity contribution is 0.147. The van der Waals surface area contributed by atoms with Crippen LogP contribution in [0.5, 0.6) is 0 Å². The third kappa shape index (κ3) is 6.49. The number of hydrogen-bond acceptors (Lipinski definition) is 3. The third-order valence-corrected chi connectivity index (χ3v) is 4.99. The zero-order valence-corrected chi connectivity index (χ0v) is 15.0. The Kier molecular flexibility index (Phi) is 7.05. The Morgan fingerprint density at radius 2 is 1.96 bits per heavy atom. The Hall–Kier alpha value is -1.60. The number of amides is 2. The zero-order chi connectivity index (χ0) is 17.4. The van der Waals surface area contributed by atoms with Crippen LogP contribution in [0.15, 0.2) is 30.3 Å². The number of nitrogens with one attached hydrogen (secondary N) is 2. The smallest absolute Gasteiger partial charge is 0.317 e. The zero-order valence-electron chi connectivity index (χ0n) is 14.2. The van der Waals surface area contributed by atoms with E-state index in [1.165, 1.54) is 5.56 Å². The van der Waals surface area contributed by atoms with Crippen molar-refractivity contribution in [3.05, 3.63) is 35.9 Å². The van der Waals surface area contributed by atoms with Gasteiger partial charge < -0.3 is 10.2 Å². The third-order valence-electron chi connectivity index (χ3n) is 4.26. The van der Waals surface area contributed by atoms with Crippen molar-refractivity contribution < 1.29 is 13.2 Å². The summed E-state index contributed by atoms with van der Waals surface area (Å²) in [5.41, 5.74) is 1.20. The van der Waals surface area contributed by atoms with Crippen LogP contribution >= 0.6 is 0 Å². The van der Waals surface area contributed by atoms with Crippen molar-refractivity contribution in [2.75, 3.05) is 25.9 Å². The molecule has 0 aliphatic carbocycles. The summed E-state index contributed by atoms with van der Waals surface area (Å²) in [6.45, 7) is 1.71. The molecule has 2 amide bonds. The predicted octanol–water partition coefficient (Wildman–Crippen LogP) is 1.73. The number of likely N-dealkylation sites (tertiary alicyclic amines) is 1. The molecule has 2 N–H and O–H groups in total. The van der Waals surface area contributed by atoms with Gasteiger partial charge in [-0.2, -0.15) is 0 Å². The molecule has 0 spiro atoms. The van der Waals surface area contributed by atoms with Gasteiger partial charge in [-0.1, -0.05) is 30.3 Å². The first-order valence-corrected chi connectivity index (χ1v) is 10.4. The van der Waals surface area contributed by atoms with Crippen LogP contribution in [-0.2, 0) is 16.4 Å². The molecular weight excluding hydrogens is 326 g/mol. The minimum atomic E-state index is -3.18. The monoisotopic (exact) mass is 353 g/mol. The maximum absolute atomic E-state index is 12.4. The maximum atomic E-state index is 12.4. The Balaban J connectivity index is 1.79. The van der Waals surface area contributed by atoms with Gasteiger partial charge in [0.15, 0.2) is 0 Å². The summed E-state index contributed by atoms with van der Waals surface area (Å²) >= 11 is 0. The number of carbonyl (C=O) groups excluding carboxylic acids is 1. The van der Waals surface area contributed by atoms with Crippen molar-refractivity contribution in [3.8, 4) is 0 Å². The second kappa shape index (κ2) is 9.03. The van der Waals surface area contributed by atoms with Gasteiger partial charge >= 0.3 is 6.03 Å². The predicted molar refractivity (Wildman–Crippen MR) is 95.4 cm³/mol. The van der Waals surface area contributed by atoms with Crippen molar-refractivity contribution in [2.24, 2.45) is 0 Å². The minimum absolute atomic E-state index is 0.0463. The van der Waals surface area contributed by atoms with E-state index in [1.54, 1.807) is 0 Å². The SMILES string of the molecule is CS(=O)(=O)NCC[C@@H]1CCCCN1C(=O)NCCc1ccccc1. The molecule has 1 fully saturated rings. The number of benzene rings is 1. The average molecular weight is 353 g/mol. The summed E-state index contributed by atoms with van der Waals surface area (Å²) in [6.07, 6.45) is 5.62. The van der Waals surface area contributed by atoms with Crippen LogP contribution in [0.4, 0.5) is 4.79 Å². The number of urea groups is 1. The molecule has 1 aliphatic rings. The molecule has 1 saturated heterocycles. The Morgan fingerprint density at radius 1 is 1.21 bits per heavy atom. The second-order valence-electron chi connectivity index (χ2n) is 6.27. The number of rotatable bonds is 7. The highest BCUT2D eigenvalue weighted by molar-refractivity contribution is 7.88. The molecule has 1 aliphatic heterocycles. The van der Waals surface area contributed by atoms with Gasteiger partial charge in [0.25, 0.3) is 0 Å². The molecule has 1 aromatic carbocycles. The van der Waals surface area contributed by atoms with E-state index in [2.05, 4.69) is 10.0 Å². The number of sulfonamides is 1. The van der Waals surface area contributed by atoms with Gasteiger partial charge in [0, 0.05) is 25.7 Å². The van der Waals surface area contributed by atoms with Crippen molar-refractivity contribution in [1.82, 2.24) is 14.9 Å². The summed E-state index contributed by atoms with van der Waals surface area (Å²) in [5, 5.41) is 2.99. The van der Waals surface area contributed by atoms with E-state index in [1.807, 2.05) is 35.2 Å². The molecule has 1 aromatic rings. The quantitative estimate of drug-likeness (QED) is 0.784. The summed E-state index contributed by atoms with van der Waals surface area (Å²) in [5.74, 6) is 0. The van der Waals surface area contributed by atoms with E-state index in [9.17, 15) is 13.2 Å². The average Bonchev–Trinajstić information content (AvgIpc) is 2.55. The minimum Gasteiger partial charge on any atom is -0.338 e. The molecule has 0 aromatic heterocycles. The molecular formula is C17H27N3O3S. The molecule has 0 saturated carbocycles. The van der Waals surface area contributed by atoms with Crippen molar-refractivity contribution in [2.45, 2.75) is 38.1 Å². The maximum Gasteiger partial charge on any atom is 0.317 e. The van der Waals surface area contributed by atoms with Crippen LogP contribution in [0, 0.1) is 0 Å². The Morgan fingerprint density at radius 3 is 2.67 bits per heavy atom. The highest BCUT2D eigenvalue weighted by Crippen LogP contribution is 2.19. The lowest BCUT2D eigenvalue weighted by Crippen LogP contribution is -2.49. The van der Waals surface area contributed by atoms with E-state index in [0.29, 0.717) is 19.5 Å². The van der Waals surface area contributed by atoms with Crippen LogP contribution < -0.4 is 10.0 Å². The van der Waals surface area contributed by atoms with E-state index in [4.69, 9.17) is 0 Å². The fourth-order valence-electron chi connectivity index (χ4n) is 3.04. The van der Waals surface area contributed by atoms with Crippen molar-refractivity contribution >= 4 is 16.1 Å². The van der Waals surface area contributed by atoms with Crippen LogP contribution in [0.25, 0.3) is 0 Å². The number of piperidine rings is 1. The van der Waals surface area contributed by atoms with Gasteiger partial charge in [-0.3, -0.25) is 0 Å². The van der Waals surface area contributed by atoms with E-state index in [-0.39, 0.29) is 12.1 Å². The van der Waals surface area contributed by atoms with Gasteiger partial charge in [0.2, 0.25) is 10.0 Å². The lowest BCUT2D eigenvalue weighted by atomic mass is 10.00. The van der Waals surface area contributed by atoms with Crippen molar-refractivity contribution in [3.63, 3.8) is 0 Å². The largest absolute Gasteiger partial charge is 0.338 e. The Bertz CT molecular complexity index is 619. The topological polar surface area (TPSA) is 78.5 Å². The summed E-state index contributed by atoms with van der Waals surface area (Å²) in [4.78, 5) is 14.3. The molecule has 1 atom stereocenters. The molecule has 2 rings (SSSR count). The molecule has 24 heavy (non-hydrogen) atoms. The molecule has 7 heteroatoms. The first-order valence-electron chi connectivity index (χ1n) is 8.49. The van der Waals surface area contributed by atoms with E-state index >= 15 is 0 Å². The number of nitrogens with zero attached hydrogens (tertiary/aromatic N) is 1. The first-order chi connectivity index (χ1) is 11.5. The standard InChI is InChI=1S/C17H27N3O3S/c1-24(22,23)19-13-11-16-9-5-6-14-20(16)17(21)18-12-10-15-7-3-2-4-8-15/h2-4,7-8,16,19H,5-6,9-14H2,1H3,(H,18,21)/t16-/m0/s1. The molecule has 134 valence electrons. The lowest BCUT2D eigenvalue weighted by Gasteiger charge is -2.35. The van der Waals surface area contributed by atoms with Crippen LogP contribution in [-0.4, -0.2) is 51.3 Å². The van der Waals surface area contributed by atoms with Crippen LogP contribution in [0.2, 0.25) is 0 Å². The molecule has 0 unspecified atom stereocenters. The van der Waals surface area contributed by atoms with E-state index < -0.39 is 10.0 Å².